The van der Waals surface area contributed by atoms with Crippen LogP contribution in [0.5, 0.6) is 0 Å². The lowest BCUT2D eigenvalue weighted by Gasteiger charge is -2.31. The summed E-state index contributed by atoms with van der Waals surface area (Å²) in [5.41, 5.74) is 6.49. The highest BCUT2D eigenvalue weighted by Gasteiger charge is 2.68. The van der Waals surface area contributed by atoms with Gasteiger partial charge in [0, 0.05) is 22.6 Å². The highest BCUT2D eigenvalue weighted by Crippen LogP contribution is 2.51. The number of nitrogens with two attached hydrogens (primary N) is 1. The van der Waals surface area contributed by atoms with Gasteiger partial charge in [-0.05, 0) is 41.5 Å². The molecule has 8 heteroatoms. The molecule has 3 aromatic rings. The number of carboxylic acids is 1. The second-order valence-corrected chi connectivity index (χ2v) is 9.54. The summed E-state index contributed by atoms with van der Waals surface area (Å²) in [6.45, 7) is 0. The van der Waals surface area contributed by atoms with Crippen molar-refractivity contribution in [3.8, 4) is 0 Å². The Hall–Kier alpha value is -3.49. The van der Waals surface area contributed by atoms with Crippen LogP contribution in [0.4, 0.5) is 11.4 Å². The van der Waals surface area contributed by atoms with E-state index in [1.54, 1.807) is 24.3 Å². The number of carbonyl (C=O) groups excluding carboxylic acids is 2. The van der Waals surface area contributed by atoms with Gasteiger partial charge in [0.25, 0.3) is 0 Å². The molecule has 0 saturated carbocycles. The number of hydrogen-bond acceptors (Lipinski definition) is 5. The van der Waals surface area contributed by atoms with Crippen molar-refractivity contribution < 1.29 is 19.5 Å². The highest BCUT2D eigenvalue weighted by molar-refractivity contribution is 9.10. The number of fused-ring (bicyclic) bond motifs is 1. The summed E-state index contributed by atoms with van der Waals surface area (Å²) in [6.07, 6.45) is 0.0554. The summed E-state index contributed by atoms with van der Waals surface area (Å²) < 4.78 is 0.735. The van der Waals surface area contributed by atoms with Gasteiger partial charge >= 0.3 is 5.97 Å². The predicted octanol–water partition coefficient (Wildman–Crippen LogP) is 3.55. The van der Waals surface area contributed by atoms with Crippen molar-refractivity contribution in [2.45, 2.75) is 18.0 Å². The molecule has 2 amide bonds. The first-order valence-corrected chi connectivity index (χ1v) is 11.7. The van der Waals surface area contributed by atoms with Crippen LogP contribution in [0.15, 0.2) is 83.3 Å². The summed E-state index contributed by atoms with van der Waals surface area (Å²) in [6, 6.07) is 22.3. The van der Waals surface area contributed by atoms with E-state index in [9.17, 15) is 19.5 Å². The van der Waals surface area contributed by atoms with Crippen LogP contribution < -0.4 is 16.0 Å². The molecule has 2 aliphatic heterocycles. The van der Waals surface area contributed by atoms with E-state index in [4.69, 9.17) is 5.73 Å². The monoisotopic (exact) mass is 519 g/mol. The molecule has 0 bridgehead atoms. The lowest BCUT2D eigenvalue weighted by Crippen LogP contribution is -2.57. The molecule has 0 aromatic heterocycles. The van der Waals surface area contributed by atoms with Crippen LogP contribution in [0, 0.1) is 11.8 Å². The van der Waals surface area contributed by atoms with Crippen LogP contribution in [0.1, 0.15) is 17.2 Å². The minimum Gasteiger partial charge on any atom is -0.480 e. The number of hydrogen-bond donors (Lipinski definition) is 3. The highest BCUT2D eigenvalue weighted by atomic mass is 79.9. The Morgan fingerprint density at radius 1 is 0.971 bits per heavy atom. The van der Waals surface area contributed by atoms with Gasteiger partial charge in [-0.25, -0.2) is 4.90 Å². The van der Waals surface area contributed by atoms with E-state index in [2.05, 4.69) is 21.2 Å². The normalized spacial score (nSPS) is 26.0. The van der Waals surface area contributed by atoms with Crippen LogP contribution in [0.3, 0.4) is 0 Å². The van der Waals surface area contributed by atoms with Crippen LogP contribution >= 0.6 is 15.9 Å². The number of carboxylic acid groups (broad SMARTS) is 1. The first-order valence-electron chi connectivity index (χ1n) is 10.9. The summed E-state index contributed by atoms with van der Waals surface area (Å²) in [7, 11) is 0. The fraction of sp³-hybridized carbons (Fsp3) is 0.192. The number of rotatable bonds is 5. The molecule has 2 aliphatic rings. The van der Waals surface area contributed by atoms with Gasteiger partial charge in [-0.15, -0.1) is 0 Å². The second kappa shape index (κ2) is 8.38. The molecule has 4 atom stereocenters. The Morgan fingerprint density at radius 3 is 2.26 bits per heavy atom. The minimum absolute atomic E-state index is 0.0554. The Morgan fingerprint density at radius 2 is 1.62 bits per heavy atom. The lowest BCUT2D eigenvalue weighted by atomic mass is 9.76. The van der Waals surface area contributed by atoms with Crippen LogP contribution in [-0.4, -0.2) is 28.4 Å². The molecule has 5 rings (SSSR count). The Bertz CT molecular complexity index is 1280. The fourth-order valence-corrected chi connectivity index (χ4v) is 5.76. The fourth-order valence-electron chi connectivity index (χ4n) is 5.23. The van der Waals surface area contributed by atoms with E-state index in [0.29, 0.717) is 11.4 Å². The average molecular weight is 520 g/mol. The Labute approximate surface area is 204 Å². The molecular weight excluding hydrogens is 498 g/mol. The third-order valence-electron chi connectivity index (χ3n) is 6.75. The molecule has 4 unspecified atom stereocenters. The molecule has 0 aliphatic carbocycles. The van der Waals surface area contributed by atoms with Crippen molar-refractivity contribution in [1.29, 1.82) is 0 Å². The number of halogens is 1. The van der Waals surface area contributed by atoms with Crippen LogP contribution in [0.2, 0.25) is 0 Å². The quantitative estimate of drug-likeness (QED) is 0.351. The molecule has 2 heterocycles. The number of carbonyl (C=O) groups is 3. The van der Waals surface area contributed by atoms with E-state index < -0.39 is 41.2 Å². The van der Waals surface area contributed by atoms with Gasteiger partial charge in [0.2, 0.25) is 11.8 Å². The number of nitrogens with one attached hydrogen (secondary N) is 1. The minimum atomic E-state index is -1.67. The van der Waals surface area contributed by atoms with Crippen molar-refractivity contribution in [2.24, 2.45) is 11.8 Å². The van der Waals surface area contributed by atoms with E-state index in [1.165, 1.54) is 0 Å². The second-order valence-electron chi connectivity index (χ2n) is 8.69. The zero-order valence-electron chi connectivity index (χ0n) is 18.0. The van der Waals surface area contributed by atoms with Gasteiger partial charge < -0.3 is 10.8 Å². The molecule has 2 fully saturated rings. The zero-order chi connectivity index (χ0) is 24.0. The summed E-state index contributed by atoms with van der Waals surface area (Å²) in [5.74, 6) is -4.10. The van der Waals surface area contributed by atoms with Gasteiger partial charge in [0.1, 0.15) is 5.54 Å². The molecule has 4 N–H and O–H groups in total. The first-order chi connectivity index (χ1) is 16.3. The Kier molecular flexibility index (Phi) is 5.50. The summed E-state index contributed by atoms with van der Waals surface area (Å²) in [4.78, 5) is 41.6. The zero-order valence-corrected chi connectivity index (χ0v) is 19.6. The number of aliphatic carboxylic acids is 1. The number of nitrogen functional groups attached to an aromatic ring is 1. The van der Waals surface area contributed by atoms with Gasteiger partial charge in [-0.1, -0.05) is 64.5 Å². The maximum Gasteiger partial charge on any atom is 0.325 e. The average Bonchev–Trinajstić information content (AvgIpc) is 3.30. The number of amides is 2. The third-order valence-corrected chi connectivity index (χ3v) is 7.48. The van der Waals surface area contributed by atoms with Gasteiger partial charge in [0.05, 0.1) is 17.5 Å². The molecule has 34 heavy (non-hydrogen) atoms. The summed E-state index contributed by atoms with van der Waals surface area (Å²) in [5, 5.41) is 13.8. The van der Waals surface area contributed by atoms with Crippen molar-refractivity contribution in [2.75, 3.05) is 10.6 Å². The van der Waals surface area contributed by atoms with Gasteiger partial charge in [-0.2, -0.15) is 0 Å². The lowest BCUT2D eigenvalue weighted by molar-refractivity contribution is -0.148. The molecule has 0 spiro atoms. The molecule has 2 saturated heterocycles. The number of imide groups is 1. The number of benzene rings is 3. The van der Waals surface area contributed by atoms with E-state index in [0.717, 1.165) is 20.5 Å². The van der Waals surface area contributed by atoms with Crippen molar-refractivity contribution in [1.82, 2.24) is 5.32 Å². The molecule has 3 aromatic carbocycles. The predicted molar refractivity (Wildman–Crippen MR) is 131 cm³/mol. The number of nitrogens with zero attached hydrogens (tertiary/aromatic N) is 1. The van der Waals surface area contributed by atoms with E-state index in [-0.39, 0.29) is 6.42 Å². The van der Waals surface area contributed by atoms with Crippen LogP contribution in [0.25, 0.3) is 0 Å². The largest absolute Gasteiger partial charge is 0.480 e. The topological polar surface area (TPSA) is 113 Å². The number of anilines is 2. The van der Waals surface area contributed by atoms with E-state index >= 15 is 0 Å². The maximum absolute atomic E-state index is 13.8. The molecule has 172 valence electrons. The van der Waals surface area contributed by atoms with Crippen molar-refractivity contribution in [3.05, 3.63) is 94.5 Å². The molecule has 7 nitrogen and oxygen atoms in total. The SMILES string of the molecule is Nc1ccc(N2C(=O)C3C(c4ccccc4Br)NC(Cc4ccccc4)(C(=O)O)C3C2=O)cc1. The van der Waals surface area contributed by atoms with Gasteiger partial charge in [-0.3, -0.25) is 19.7 Å². The molecule has 0 radical (unpaired) electrons. The van der Waals surface area contributed by atoms with E-state index in [1.807, 2.05) is 54.6 Å². The smallest absolute Gasteiger partial charge is 0.325 e. The maximum atomic E-state index is 13.8. The third kappa shape index (κ3) is 3.41. The molecular formula is C26H22BrN3O4. The Balaban J connectivity index is 1.67. The summed E-state index contributed by atoms with van der Waals surface area (Å²) >= 11 is 3.54. The van der Waals surface area contributed by atoms with Crippen molar-refractivity contribution >= 4 is 45.1 Å². The first kappa shape index (κ1) is 22.3. The van der Waals surface area contributed by atoms with Crippen molar-refractivity contribution in [3.63, 3.8) is 0 Å². The van der Waals surface area contributed by atoms with Crippen LogP contribution in [-0.2, 0) is 20.8 Å². The van der Waals surface area contributed by atoms with Gasteiger partial charge in [0.15, 0.2) is 0 Å². The standard InChI is InChI=1S/C26H22BrN3O4/c27-19-9-5-4-8-18(19)22-20-21(24(32)30(23(20)31)17-12-10-16(28)11-13-17)26(29-22,25(33)34)14-15-6-2-1-3-7-15/h1-13,20-22,29H,14,28H2,(H,33,34).